The van der Waals surface area contributed by atoms with Crippen LogP contribution in [0.3, 0.4) is 0 Å². The highest BCUT2D eigenvalue weighted by Gasteiger charge is 2.10. The van der Waals surface area contributed by atoms with Gasteiger partial charge < -0.3 is 10.4 Å². The predicted molar refractivity (Wildman–Crippen MR) is 70.7 cm³/mol. The number of rotatable bonds is 4. The molecule has 0 aliphatic rings. The lowest BCUT2D eigenvalue weighted by molar-refractivity contribution is 0.0696. The second kappa shape index (κ2) is 5.21. The Balaban J connectivity index is 2.62. The highest BCUT2D eigenvalue weighted by atomic mass is 16.4. The van der Waals surface area contributed by atoms with Gasteiger partial charge in [-0.25, -0.2) is 4.79 Å². The molecule has 0 saturated carbocycles. The van der Waals surface area contributed by atoms with E-state index in [1.807, 2.05) is 19.1 Å². The normalized spacial score (nSPS) is 11.3. The van der Waals surface area contributed by atoms with Gasteiger partial charge in [0.15, 0.2) is 0 Å². The van der Waals surface area contributed by atoms with Gasteiger partial charge in [-0.2, -0.15) is 0 Å². The molecule has 1 aromatic carbocycles. The zero-order chi connectivity index (χ0) is 13.1. The molecule has 0 aliphatic heterocycles. The van der Waals surface area contributed by atoms with E-state index < -0.39 is 5.97 Å². The SMILES string of the molecule is Cc1cc(NCCC(C)(C)C)ccc1C(=O)O. The Hall–Kier alpha value is -1.51. The maximum absolute atomic E-state index is 10.9. The molecule has 0 atom stereocenters. The summed E-state index contributed by atoms with van der Waals surface area (Å²) in [5, 5.41) is 12.2. The molecule has 0 aliphatic carbocycles. The van der Waals surface area contributed by atoms with Crippen LogP contribution in [0.15, 0.2) is 18.2 Å². The number of carboxylic acid groups (broad SMARTS) is 1. The van der Waals surface area contributed by atoms with Crippen molar-refractivity contribution in [2.24, 2.45) is 5.41 Å². The Kier molecular flexibility index (Phi) is 4.16. The first kappa shape index (κ1) is 13.6. The summed E-state index contributed by atoms with van der Waals surface area (Å²) in [6.07, 6.45) is 1.08. The topological polar surface area (TPSA) is 49.3 Å². The average Bonchev–Trinajstić information content (AvgIpc) is 2.15. The maximum atomic E-state index is 10.9. The lowest BCUT2D eigenvalue weighted by Gasteiger charge is -2.18. The molecule has 0 saturated heterocycles. The zero-order valence-corrected chi connectivity index (χ0v) is 11.0. The van der Waals surface area contributed by atoms with Crippen LogP contribution in [-0.4, -0.2) is 17.6 Å². The second-order valence-corrected chi connectivity index (χ2v) is 5.57. The standard InChI is InChI=1S/C14H21NO2/c1-10-9-11(5-6-12(10)13(16)17)15-8-7-14(2,3)4/h5-6,9,15H,7-8H2,1-4H3,(H,16,17). The monoisotopic (exact) mass is 235 g/mol. The van der Waals surface area contributed by atoms with Crippen LogP contribution < -0.4 is 5.32 Å². The van der Waals surface area contributed by atoms with E-state index in [0.717, 1.165) is 24.2 Å². The third-order valence-corrected chi connectivity index (χ3v) is 2.66. The van der Waals surface area contributed by atoms with Crippen LogP contribution in [0, 0.1) is 12.3 Å². The van der Waals surface area contributed by atoms with E-state index in [0.29, 0.717) is 11.0 Å². The summed E-state index contributed by atoms with van der Waals surface area (Å²) in [6, 6.07) is 5.35. The molecule has 0 spiro atoms. The van der Waals surface area contributed by atoms with Crippen LogP contribution in [0.1, 0.15) is 43.1 Å². The van der Waals surface area contributed by atoms with Crippen LogP contribution in [0.4, 0.5) is 5.69 Å². The van der Waals surface area contributed by atoms with Crippen molar-refractivity contribution in [2.45, 2.75) is 34.1 Å². The lowest BCUT2D eigenvalue weighted by atomic mass is 9.92. The minimum atomic E-state index is -0.872. The van der Waals surface area contributed by atoms with E-state index in [9.17, 15) is 4.79 Å². The third kappa shape index (κ3) is 4.47. The molecule has 0 amide bonds. The minimum Gasteiger partial charge on any atom is -0.478 e. The van der Waals surface area contributed by atoms with Gasteiger partial charge in [0.05, 0.1) is 5.56 Å². The summed E-state index contributed by atoms with van der Waals surface area (Å²) in [5.41, 5.74) is 2.45. The molecule has 0 fully saturated rings. The largest absolute Gasteiger partial charge is 0.478 e. The molecule has 0 radical (unpaired) electrons. The summed E-state index contributed by atoms with van der Waals surface area (Å²) in [4.78, 5) is 10.9. The number of carbonyl (C=O) groups is 1. The Labute approximate surface area is 103 Å². The molecule has 0 aromatic heterocycles. The number of carboxylic acids is 1. The Morgan fingerprint density at radius 3 is 2.47 bits per heavy atom. The van der Waals surface area contributed by atoms with Crippen LogP contribution >= 0.6 is 0 Å². The molecule has 0 unspecified atom stereocenters. The number of hydrogen-bond donors (Lipinski definition) is 2. The van der Waals surface area contributed by atoms with Crippen molar-refractivity contribution in [1.29, 1.82) is 0 Å². The Morgan fingerprint density at radius 2 is 2.00 bits per heavy atom. The highest BCUT2D eigenvalue weighted by molar-refractivity contribution is 5.89. The minimum absolute atomic E-state index is 0.309. The number of benzene rings is 1. The third-order valence-electron chi connectivity index (χ3n) is 2.66. The average molecular weight is 235 g/mol. The van der Waals surface area contributed by atoms with E-state index in [1.54, 1.807) is 6.07 Å². The Morgan fingerprint density at radius 1 is 1.35 bits per heavy atom. The maximum Gasteiger partial charge on any atom is 0.335 e. The fourth-order valence-corrected chi connectivity index (χ4v) is 1.60. The molecule has 3 heteroatoms. The van der Waals surface area contributed by atoms with Crippen molar-refractivity contribution in [3.63, 3.8) is 0 Å². The number of aromatic carboxylic acids is 1. The summed E-state index contributed by atoms with van der Waals surface area (Å²) < 4.78 is 0. The number of aryl methyl sites for hydroxylation is 1. The molecular weight excluding hydrogens is 214 g/mol. The van der Waals surface area contributed by atoms with Gasteiger partial charge in [-0.3, -0.25) is 0 Å². The smallest absolute Gasteiger partial charge is 0.335 e. The fourth-order valence-electron chi connectivity index (χ4n) is 1.60. The van der Waals surface area contributed by atoms with Gasteiger partial charge in [0.25, 0.3) is 0 Å². The van der Waals surface area contributed by atoms with Crippen LogP contribution in [0.2, 0.25) is 0 Å². The van der Waals surface area contributed by atoms with E-state index in [-0.39, 0.29) is 0 Å². The van der Waals surface area contributed by atoms with E-state index >= 15 is 0 Å². The van der Waals surface area contributed by atoms with Gasteiger partial charge >= 0.3 is 5.97 Å². The van der Waals surface area contributed by atoms with Crippen molar-refractivity contribution >= 4 is 11.7 Å². The molecule has 94 valence electrons. The predicted octanol–water partition coefficient (Wildman–Crippen LogP) is 3.54. The summed E-state index contributed by atoms with van der Waals surface area (Å²) >= 11 is 0. The molecule has 17 heavy (non-hydrogen) atoms. The molecular formula is C14H21NO2. The van der Waals surface area contributed by atoms with Crippen molar-refractivity contribution < 1.29 is 9.90 Å². The quantitative estimate of drug-likeness (QED) is 0.839. The molecule has 0 heterocycles. The zero-order valence-electron chi connectivity index (χ0n) is 11.0. The van der Waals surface area contributed by atoms with Crippen molar-refractivity contribution in [3.8, 4) is 0 Å². The van der Waals surface area contributed by atoms with E-state index in [4.69, 9.17) is 5.11 Å². The molecule has 2 N–H and O–H groups in total. The van der Waals surface area contributed by atoms with Crippen LogP contribution in [0.5, 0.6) is 0 Å². The fraction of sp³-hybridized carbons (Fsp3) is 0.500. The van der Waals surface area contributed by atoms with Crippen molar-refractivity contribution in [3.05, 3.63) is 29.3 Å². The number of hydrogen-bond acceptors (Lipinski definition) is 2. The van der Waals surface area contributed by atoms with Crippen LogP contribution in [-0.2, 0) is 0 Å². The lowest BCUT2D eigenvalue weighted by Crippen LogP contribution is -2.13. The van der Waals surface area contributed by atoms with Crippen molar-refractivity contribution in [1.82, 2.24) is 0 Å². The number of anilines is 1. The summed E-state index contributed by atoms with van der Waals surface area (Å²) in [6.45, 7) is 9.32. The van der Waals surface area contributed by atoms with E-state index in [2.05, 4.69) is 26.1 Å². The van der Waals surface area contributed by atoms with Gasteiger partial charge in [0, 0.05) is 12.2 Å². The van der Waals surface area contributed by atoms with Gasteiger partial charge in [0.1, 0.15) is 0 Å². The molecule has 3 nitrogen and oxygen atoms in total. The first-order chi connectivity index (χ1) is 7.79. The van der Waals surface area contributed by atoms with E-state index in [1.165, 1.54) is 0 Å². The van der Waals surface area contributed by atoms with Crippen LogP contribution in [0.25, 0.3) is 0 Å². The second-order valence-electron chi connectivity index (χ2n) is 5.57. The highest BCUT2D eigenvalue weighted by Crippen LogP contribution is 2.19. The first-order valence-electron chi connectivity index (χ1n) is 5.87. The van der Waals surface area contributed by atoms with Gasteiger partial charge in [0.2, 0.25) is 0 Å². The molecule has 1 rings (SSSR count). The molecule has 0 bridgehead atoms. The first-order valence-corrected chi connectivity index (χ1v) is 5.87. The molecule has 1 aromatic rings. The van der Waals surface area contributed by atoms with Gasteiger partial charge in [-0.15, -0.1) is 0 Å². The number of nitrogens with one attached hydrogen (secondary N) is 1. The summed E-state index contributed by atoms with van der Waals surface area (Å²) in [5.74, 6) is -0.872. The van der Waals surface area contributed by atoms with Crippen molar-refractivity contribution in [2.75, 3.05) is 11.9 Å². The van der Waals surface area contributed by atoms with Gasteiger partial charge in [-0.05, 0) is 42.5 Å². The summed E-state index contributed by atoms with van der Waals surface area (Å²) in [7, 11) is 0. The Bertz CT molecular complexity index is 405. The van der Waals surface area contributed by atoms with Gasteiger partial charge in [-0.1, -0.05) is 20.8 Å².